The molecule has 0 saturated heterocycles. The Balaban J connectivity index is 1.35. The Labute approximate surface area is 185 Å². The third-order valence-electron chi connectivity index (χ3n) is 4.98. The number of aryl methyl sites for hydroxylation is 2. The molecule has 1 N–H and O–H groups in total. The van der Waals surface area contributed by atoms with Gasteiger partial charge in [-0.2, -0.15) is 0 Å². The minimum Gasteiger partial charge on any atom is -0.487 e. The zero-order valence-electron chi connectivity index (χ0n) is 17.9. The number of amides is 1. The Morgan fingerprint density at radius 2 is 1.78 bits per heavy atom. The van der Waals surface area contributed by atoms with Crippen LogP contribution in [-0.2, 0) is 11.4 Å². The standard InChI is InChI=1S/C25H23N3O4/c1-17-9-10-22(12-18(17)2)32-16-24(29)27-19-6-5-7-21(13-19)31-15-20-14-25(30)28-11-4-3-8-23(28)26-20/h3-14H,15-16H2,1-2H3,(H,27,29). The number of ether oxygens (including phenoxy) is 2. The summed E-state index contributed by atoms with van der Waals surface area (Å²) < 4.78 is 12.8. The van der Waals surface area contributed by atoms with E-state index in [1.165, 1.54) is 16.0 Å². The molecule has 0 spiro atoms. The second-order valence-corrected chi connectivity index (χ2v) is 7.41. The van der Waals surface area contributed by atoms with Gasteiger partial charge in [0.25, 0.3) is 11.5 Å². The van der Waals surface area contributed by atoms with Crippen molar-refractivity contribution in [3.05, 3.63) is 100 Å². The number of rotatable bonds is 7. The summed E-state index contributed by atoms with van der Waals surface area (Å²) in [7, 11) is 0. The van der Waals surface area contributed by atoms with Crippen molar-refractivity contribution in [2.75, 3.05) is 11.9 Å². The van der Waals surface area contributed by atoms with Crippen molar-refractivity contribution in [2.45, 2.75) is 20.5 Å². The van der Waals surface area contributed by atoms with Gasteiger partial charge in [0.1, 0.15) is 23.8 Å². The smallest absolute Gasteiger partial charge is 0.262 e. The molecule has 1 amide bonds. The quantitative estimate of drug-likeness (QED) is 0.482. The minimum absolute atomic E-state index is 0.0987. The maximum Gasteiger partial charge on any atom is 0.262 e. The number of benzene rings is 2. The molecule has 7 heteroatoms. The first-order valence-corrected chi connectivity index (χ1v) is 10.2. The van der Waals surface area contributed by atoms with Crippen molar-refractivity contribution < 1.29 is 14.3 Å². The number of anilines is 1. The molecule has 0 radical (unpaired) electrons. The van der Waals surface area contributed by atoms with Crippen LogP contribution in [0.15, 0.2) is 77.7 Å². The first-order valence-electron chi connectivity index (χ1n) is 10.2. The maximum atomic E-state index is 12.3. The van der Waals surface area contributed by atoms with E-state index in [1.54, 1.807) is 42.6 Å². The molecule has 0 aliphatic rings. The van der Waals surface area contributed by atoms with Crippen molar-refractivity contribution in [2.24, 2.45) is 0 Å². The van der Waals surface area contributed by atoms with Gasteiger partial charge in [-0.3, -0.25) is 14.0 Å². The third-order valence-corrected chi connectivity index (χ3v) is 4.98. The summed E-state index contributed by atoms with van der Waals surface area (Å²) in [6, 6.07) is 19.5. The SMILES string of the molecule is Cc1ccc(OCC(=O)Nc2cccc(OCc3cc(=O)n4ccccc4n3)c2)cc1C. The molecule has 0 saturated carbocycles. The number of pyridine rings is 1. The normalized spacial score (nSPS) is 10.7. The summed E-state index contributed by atoms with van der Waals surface area (Å²) in [5.41, 5.74) is 3.78. The summed E-state index contributed by atoms with van der Waals surface area (Å²) in [5.74, 6) is 0.927. The number of nitrogens with zero attached hydrogens (tertiary/aromatic N) is 2. The first-order chi connectivity index (χ1) is 15.5. The molecular formula is C25H23N3O4. The van der Waals surface area contributed by atoms with Crippen LogP contribution in [0.1, 0.15) is 16.8 Å². The molecule has 4 rings (SSSR count). The van der Waals surface area contributed by atoms with Crippen molar-refractivity contribution in [1.82, 2.24) is 9.38 Å². The van der Waals surface area contributed by atoms with Gasteiger partial charge < -0.3 is 14.8 Å². The zero-order valence-corrected chi connectivity index (χ0v) is 17.9. The molecule has 4 aromatic rings. The Morgan fingerprint density at radius 1 is 0.938 bits per heavy atom. The Morgan fingerprint density at radius 3 is 2.62 bits per heavy atom. The number of hydrogen-bond donors (Lipinski definition) is 1. The molecule has 0 bridgehead atoms. The molecule has 0 atom stereocenters. The van der Waals surface area contributed by atoms with Gasteiger partial charge >= 0.3 is 0 Å². The summed E-state index contributed by atoms with van der Waals surface area (Å²) in [6.07, 6.45) is 1.67. The molecule has 0 aliphatic carbocycles. The monoisotopic (exact) mass is 429 g/mol. The number of carbonyl (C=O) groups excluding carboxylic acids is 1. The third kappa shape index (κ3) is 5.13. The second-order valence-electron chi connectivity index (χ2n) is 7.41. The Kier molecular flexibility index (Phi) is 6.17. The van der Waals surface area contributed by atoms with E-state index in [2.05, 4.69) is 10.3 Å². The molecule has 2 aromatic carbocycles. The van der Waals surface area contributed by atoms with Crippen LogP contribution < -0.4 is 20.3 Å². The molecule has 0 unspecified atom stereocenters. The fourth-order valence-electron chi connectivity index (χ4n) is 3.15. The van der Waals surface area contributed by atoms with Crippen LogP contribution in [0, 0.1) is 13.8 Å². The Bertz CT molecular complexity index is 1330. The average Bonchev–Trinajstić information content (AvgIpc) is 2.79. The molecule has 0 aliphatic heterocycles. The van der Waals surface area contributed by atoms with E-state index in [4.69, 9.17) is 9.47 Å². The topological polar surface area (TPSA) is 81.9 Å². The first kappa shape index (κ1) is 21.1. The van der Waals surface area contributed by atoms with Crippen LogP contribution in [0.4, 0.5) is 5.69 Å². The highest BCUT2D eigenvalue weighted by atomic mass is 16.5. The molecule has 7 nitrogen and oxygen atoms in total. The summed E-state index contributed by atoms with van der Waals surface area (Å²) in [5, 5.41) is 2.80. The fraction of sp³-hybridized carbons (Fsp3) is 0.160. The highest BCUT2D eigenvalue weighted by molar-refractivity contribution is 5.92. The van der Waals surface area contributed by atoms with Crippen molar-refractivity contribution in [3.8, 4) is 11.5 Å². The minimum atomic E-state index is -0.274. The van der Waals surface area contributed by atoms with Crippen LogP contribution in [0.5, 0.6) is 11.5 Å². The average molecular weight is 429 g/mol. The Hall–Kier alpha value is -4.13. The van der Waals surface area contributed by atoms with Crippen molar-refractivity contribution in [3.63, 3.8) is 0 Å². The van der Waals surface area contributed by atoms with E-state index < -0.39 is 0 Å². The summed E-state index contributed by atoms with van der Waals surface area (Å²) in [4.78, 5) is 28.9. The van der Waals surface area contributed by atoms with Gasteiger partial charge in [0, 0.05) is 24.0 Å². The van der Waals surface area contributed by atoms with Gasteiger partial charge in [0.2, 0.25) is 0 Å². The molecule has 32 heavy (non-hydrogen) atoms. The highest BCUT2D eigenvalue weighted by Gasteiger charge is 2.07. The predicted molar refractivity (Wildman–Crippen MR) is 122 cm³/mol. The lowest BCUT2D eigenvalue weighted by Gasteiger charge is -2.11. The van der Waals surface area contributed by atoms with Gasteiger partial charge in [0.05, 0.1) is 5.69 Å². The summed E-state index contributed by atoms with van der Waals surface area (Å²) >= 11 is 0. The number of aromatic nitrogens is 2. The lowest BCUT2D eigenvalue weighted by molar-refractivity contribution is -0.118. The van der Waals surface area contributed by atoms with Crippen LogP contribution in [0.3, 0.4) is 0 Å². The van der Waals surface area contributed by atoms with E-state index in [1.807, 2.05) is 38.1 Å². The van der Waals surface area contributed by atoms with Crippen molar-refractivity contribution in [1.29, 1.82) is 0 Å². The van der Waals surface area contributed by atoms with Gasteiger partial charge in [-0.15, -0.1) is 0 Å². The lowest BCUT2D eigenvalue weighted by Crippen LogP contribution is -2.20. The van der Waals surface area contributed by atoms with Gasteiger partial charge in [-0.05, 0) is 61.4 Å². The van der Waals surface area contributed by atoms with Crippen LogP contribution >= 0.6 is 0 Å². The van der Waals surface area contributed by atoms with Crippen molar-refractivity contribution >= 4 is 17.2 Å². The van der Waals surface area contributed by atoms with Gasteiger partial charge in [0.15, 0.2) is 6.61 Å². The maximum absolute atomic E-state index is 12.3. The van der Waals surface area contributed by atoms with Crippen LogP contribution in [0.25, 0.3) is 5.65 Å². The molecule has 2 aromatic heterocycles. The van der Waals surface area contributed by atoms with E-state index in [0.717, 1.165) is 5.56 Å². The van der Waals surface area contributed by atoms with Gasteiger partial charge in [-0.25, -0.2) is 4.98 Å². The highest BCUT2D eigenvalue weighted by Crippen LogP contribution is 2.19. The number of fused-ring (bicyclic) bond motifs is 1. The second kappa shape index (κ2) is 9.34. The zero-order chi connectivity index (χ0) is 22.5. The molecule has 0 fully saturated rings. The predicted octanol–water partition coefficient (Wildman–Crippen LogP) is 3.91. The largest absolute Gasteiger partial charge is 0.487 e. The van der Waals surface area contributed by atoms with Crippen LogP contribution in [-0.4, -0.2) is 21.9 Å². The lowest BCUT2D eigenvalue weighted by atomic mass is 10.1. The number of nitrogens with one attached hydrogen (secondary N) is 1. The molecule has 162 valence electrons. The van der Waals surface area contributed by atoms with Gasteiger partial charge in [-0.1, -0.05) is 18.2 Å². The molecular weight excluding hydrogens is 406 g/mol. The van der Waals surface area contributed by atoms with E-state index in [-0.39, 0.29) is 24.7 Å². The van der Waals surface area contributed by atoms with E-state index in [0.29, 0.717) is 28.5 Å². The molecule has 2 heterocycles. The number of hydrogen-bond acceptors (Lipinski definition) is 5. The number of carbonyl (C=O) groups is 1. The van der Waals surface area contributed by atoms with E-state index in [9.17, 15) is 9.59 Å². The van der Waals surface area contributed by atoms with E-state index >= 15 is 0 Å². The fourth-order valence-corrected chi connectivity index (χ4v) is 3.15. The van der Waals surface area contributed by atoms with Crippen LogP contribution in [0.2, 0.25) is 0 Å². The summed E-state index contributed by atoms with van der Waals surface area (Å²) in [6.45, 7) is 4.06.